The molecule has 0 saturated heterocycles. The first-order valence-electron chi connectivity index (χ1n) is 9.80. The lowest BCUT2D eigenvalue weighted by Crippen LogP contribution is -2.07. The minimum Gasteiger partial charge on any atom is -0.507 e. The molecular formula is C25H18FNO3. The Morgan fingerprint density at radius 3 is 2.60 bits per heavy atom. The highest BCUT2D eigenvalue weighted by molar-refractivity contribution is 6.06. The molecule has 0 unspecified atom stereocenters. The first-order valence-corrected chi connectivity index (χ1v) is 9.80. The maximum atomic E-state index is 13.8. The number of carboxylic acids is 1. The number of phenolic OH excluding ortho intramolecular Hbond substituents is 1. The molecule has 1 aliphatic rings. The van der Waals surface area contributed by atoms with E-state index in [4.69, 9.17) is 4.98 Å². The number of carboxylic acid groups (broad SMARTS) is 1. The monoisotopic (exact) mass is 399 g/mol. The Bertz CT molecular complexity index is 1330. The highest BCUT2D eigenvalue weighted by Crippen LogP contribution is 2.39. The molecule has 0 saturated carbocycles. The summed E-state index contributed by atoms with van der Waals surface area (Å²) in [7, 11) is 0. The van der Waals surface area contributed by atoms with Crippen molar-refractivity contribution < 1.29 is 19.4 Å². The van der Waals surface area contributed by atoms with Gasteiger partial charge in [-0.3, -0.25) is 0 Å². The molecule has 1 heterocycles. The van der Waals surface area contributed by atoms with Gasteiger partial charge in [0.1, 0.15) is 11.6 Å². The van der Waals surface area contributed by atoms with Gasteiger partial charge >= 0.3 is 5.97 Å². The number of aryl methyl sites for hydroxylation is 1. The van der Waals surface area contributed by atoms with Gasteiger partial charge in [0.25, 0.3) is 0 Å². The van der Waals surface area contributed by atoms with Crippen LogP contribution in [0.4, 0.5) is 4.39 Å². The summed E-state index contributed by atoms with van der Waals surface area (Å²) in [5, 5.41) is 20.5. The van der Waals surface area contributed by atoms with E-state index in [-0.39, 0.29) is 11.3 Å². The van der Waals surface area contributed by atoms with Gasteiger partial charge in [0.05, 0.1) is 16.8 Å². The number of pyridine rings is 1. The number of nitrogens with zero attached hydrogens (tertiary/aromatic N) is 1. The van der Waals surface area contributed by atoms with Crippen molar-refractivity contribution in [1.29, 1.82) is 0 Å². The number of phenols is 1. The Morgan fingerprint density at radius 1 is 0.967 bits per heavy atom. The summed E-state index contributed by atoms with van der Waals surface area (Å²) < 4.78 is 13.8. The highest BCUT2D eigenvalue weighted by atomic mass is 19.1. The second-order valence-electron chi connectivity index (χ2n) is 7.52. The fourth-order valence-electron chi connectivity index (χ4n) is 4.36. The maximum Gasteiger partial charge on any atom is 0.336 e. The SMILES string of the molecule is O=C(O)c1c2c(nc3ccc(F)cc13)-c1ccc(-c3ccccc3O)cc1CCC2. The van der Waals surface area contributed by atoms with E-state index in [0.29, 0.717) is 28.6 Å². The van der Waals surface area contributed by atoms with E-state index in [9.17, 15) is 19.4 Å². The van der Waals surface area contributed by atoms with Crippen LogP contribution in [-0.2, 0) is 12.8 Å². The Balaban J connectivity index is 1.76. The van der Waals surface area contributed by atoms with Gasteiger partial charge in [0.2, 0.25) is 0 Å². The Morgan fingerprint density at radius 2 is 1.80 bits per heavy atom. The van der Waals surface area contributed by atoms with E-state index in [1.54, 1.807) is 12.1 Å². The number of aromatic hydroxyl groups is 1. The quantitative estimate of drug-likeness (QED) is 0.460. The zero-order chi connectivity index (χ0) is 20.8. The molecule has 5 heteroatoms. The van der Waals surface area contributed by atoms with Crippen molar-refractivity contribution in [2.75, 3.05) is 0 Å². The van der Waals surface area contributed by atoms with Gasteiger partial charge < -0.3 is 10.2 Å². The van der Waals surface area contributed by atoms with Gasteiger partial charge in [-0.05, 0) is 60.2 Å². The predicted octanol–water partition coefficient (Wildman–Crippen LogP) is 5.60. The van der Waals surface area contributed by atoms with Crippen LogP contribution in [0, 0.1) is 5.82 Å². The van der Waals surface area contributed by atoms with Crippen molar-refractivity contribution in [1.82, 2.24) is 4.98 Å². The zero-order valence-corrected chi connectivity index (χ0v) is 16.0. The predicted molar refractivity (Wildman–Crippen MR) is 113 cm³/mol. The second-order valence-corrected chi connectivity index (χ2v) is 7.52. The fourth-order valence-corrected chi connectivity index (χ4v) is 4.36. The Labute approximate surface area is 172 Å². The first-order chi connectivity index (χ1) is 14.5. The summed E-state index contributed by atoms with van der Waals surface area (Å²) in [5.74, 6) is -1.34. The van der Waals surface area contributed by atoms with Crippen LogP contribution in [0.3, 0.4) is 0 Å². The van der Waals surface area contributed by atoms with Crippen LogP contribution in [0.15, 0.2) is 60.7 Å². The topological polar surface area (TPSA) is 70.4 Å². The molecule has 0 spiro atoms. The summed E-state index contributed by atoms with van der Waals surface area (Å²) in [6, 6.07) is 17.1. The van der Waals surface area contributed by atoms with E-state index in [1.807, 2.05) is 30.3 Å². The number of hydrogen-bond donors (Lipinski definition) is 2. The Hall–Kier alpha value is -3.73. The van der Waals surface area contributed by atoms with Gasteiger partial charge in [-0.15, -0.1) is 0 Å². The Kier molecular flexibility index (Phi) is 4.24. The van der Waals surface area contributed by atoms with Crippen LogP contribution in [0.25, 0.3) is 33.3 Å². The van der Waals surface area contributed by atoms with E-state index < -0.39 is 11.8 Å². The van der Waals surface area contributed by atoms with Crippen molar-refractivity contribution in [3.63, 3.8) is 0 Å². The summed E-state index contributed by atoms with van der Waals surface area (Å²) >= 11 is 0. The minimum atomic E-state index is -1.07. The third kappa shape index (κ3) is 2.90. The number of hydrogen-bond acceptors (Lipinski definition) is 3. The molecule has 5 rings (SSSR count). The summed E-state index contributed by atoms with van der Waals surface area (Å²) in [6.07, 6.45) is 2.07. The number of benzene rings is 3. The summed E-state index contributed by atoms with van der Waals surface area (Å²) in [6.45, 7) is 0. The fraction of sp³-hybridized carbons (Fsp3) is 0.120. The van der Waals surface area contributed by atoms with E-state index in [0.717, 1.165) is 35.1 Å². The molecular weight excluding hydrogens is 381 g/mol. The number of para-hydroxylation sites is 1. The van der Waals surface area contributed by atoms with Crippen LogP contribution in [0.5, 0.6) is 5.75 Å². The van der Waals surface area contributed by atoms with E-state index in [1.165, 1.54) is 18.2 Å². The highest BCUT2D eigenvalue weighted by Gasteiger charge is 2.25. The van der Waals surface area contributed by atoms with Gasteiger partial charge in [0, 0.05) is 16.5 Å². The normalized spacial score (nSPS) is 12.8. The molecule has 4 aromatic rings. The van der Waals surface area contributed by atoms with Crippen LogP contribution in [0.1, 0.15) is 27.9 Å². The van der Waals surface area contributed by atoms with Gasteiger partial charge in [-0.2, -0.15) is 0 Å². The maximum absolute atomic E-state index is 13.8. The lowest BCUT2D eigenvalue weighted by Gasteiger charge is -2.15. The largest absolute Gasteiger partial charge is 0.507 e. The van der Waals surface area contributed by atoms with Crippen LogP contribution >= 0.6 is 0 Å². The molecule has 0 bridgehead atoms. The molecule has 0 atom stereocenters. The third-order valence-electron chi connectivity index (χ3n) is 5.71. The zero-order valence-electron chi connectivity index (χ0n) is 16.0. The van der Waals surface area contributed by atoms with E-state index >= 15 is 0 Å². The number of rotatable bonds is 2. The van der Waals surface area contributed by atoms with Gasteiger partial charge in [0.15, 0.2) is 0 Å². The molecule has 1 aliphatic carbocycles. The number of aromatic carboxylic acids is 1. The average Bonchev–Trinajstić information content (AvgIpc) is 2.90. The molecule has 3 aromatic carbocycles. The number of fused-ring (bicyclic) bond motifs is 4. The van der Waals surface area contributed by atoms with Crippen molar-refractivity contribution >= 4 is 16.9 Å². The molecule has 4 nitrogen and oxygen atoms in total. The van der Waals surface area contributed by atoms with Crippen molar-refractivity contribution in [3.8, 4) is 28.1 Å². The first kappa shape index (κ1) is 18.3. The molecule has 1 aromatic heterocycles. The molecule has 148 valence electrons. The summed E-state index contributed by atoms with van der Waals surface area (Å²) in [4.78, 5) is 16.9. The molecule has 2 N–H and O–H groups in total. The van der Waals surface area contributed by atoms with Crippen LogP contribution in [0.2, 0.25) is 0 Å². The second kappa shape index (κ2) is 6.95. The number of carbonyl (C=O) groups is 1. The van der Waals surface area contributed by atoms with Crippen molar-refractivity contribution in [2.45, 2.75) is 19.3 Å². The van der Waals surface area contributed by atoms with Crippen LogP contribution in [-0.4, -0.2) is 21.2 Å². The lowest BCUT2D eigenvalue weighted by molar-refractivity contribution is 0.0698. The van der Waals surface area contributed by atoms with Crippen molar-refractivity contribution in [3.05, 3.63) is 83.2 Å². The third-order valence-corrected chi connectivity index (χ3v) is 5.71. The van der Waals surface area contributed by atoms with E-state index in [2.05, 4.69) is 0 Å². The molecule has 0 aliphatic heterocycles. The van der Waals surface area contributed by atoms with Crippen molar-refractivity contribution in [2.24, 2.45) is 0 Å². The number of halogens is 1. The number of aromatic nitrogens is 1. The van der Waals surface area contributed by atoms with Gasteiger partial charge in [-0.1, -0.05) is 36.4 Å². The molecule has 0 radical (unpaired) electrons. The smallest absolute Gasteiger partial charge is 0.336 e. The molecule has 30 heavy (non-hydrogen) atoms. The average molecular weight is 399 g/mol. The minimum absolute atomic E-state index is 0.132. The lowest BCUT2D eigenvalue weighted by atomic mass is 9.93. The van der Waals surface area contributed by atoms with Crippen LogP contribution < -0.4 is 0 Å². The summed E-state index contributed by atoms with van der Waals surface area (Å²) in [5.41, 5.74) is 5.47. The molecule has 0 amide bonds. The standard InChI is InChI=1S/C25H18FNO3/c26-16-9-11-21-20(13-16)23(25(29)30)19-6-3-4-14-12-15(8-10-18(14)24(19)27-21)17-5-1-2-7-22(17)28/h1-2,5,7-13,28H,3-4,6H2,(H,29,30). The van der Waals surface area contributed by atoms with Gasteiger partial charge in [-0.25, -0.2) is 14.2 Å². The molecule has 0 fully saturated rings.